The summed E-state index contributed by atoms with van der Waals surface area (Å²) in [5.41, 5.74) is 0.466. The van der Waals surface area contributed by atoms with Crippen molar-refractivity contribution in [3.8, 4) is 5.75 Å². The fraction of sp³-hybridized carbons (Fsp3) is 0.222. The first-order valence-corrected chi connectivity index (χ1v) is 8.60. The smallest absolute Gasteiger partial charge is 0.260 e. The van der Waals surface area contributed by atoms with Gasteiger partial charge in [-0.2, -0.15) is 0 Å². The average molecular weight is 397 g/mol. The van der Waals surface area contributed by atoms with Gasteiger partial charge < -0.3 is 15.0 Å². The topological polar surface area (TPSA) is 58.6 Å². The van der Waals surface area contributed by atoms with Gasteiger partial charge in [-0.05, 0) is 30.3 Å². The van der Waals surface area contributed by atoms with Crippen molar-refractivity contribution in [1.29, 1.82) is 0 Å². The van der Waals surface area contributed by atoms with Crippen LogP contribution in [0.3, 0.4) is 0 Å². The van der Waals surface area contributed by atoms with E-state index in [4.69, 9.17) is 27.9 Å². The van der Waals surface area contributed by atoms with Crippen LogP contribution in [0.5, 0.6) is 5.75 Å². The van der Waals surface area contributed by atoms with Crippen molar-refractivity contribution in [3.63, 3.8) is 0 Å². The molecule has 0 spiro atoms. The molecular formula is C18H15Cl2FN2O3. The number of nitrogens with one attached hydrogen (secondary N) is 1. The Kier molecular flexibility index (Phi) is 5.64. The van der Waals surface area contributed by atoms with Crippen LogP contribution in [0.15, 0.2) is 42.5 Å². The first-order valence-electron chi connectivity index (χ1n) is 7.85. The largest absolute Gasteiger partial charge is 0.481 e. The molecule has 2 aromatic rings. The summed E-state index contributed by atoms with van der Waals surface area (Å²) >= 11 is 11.8. The van der Waals surface area contributed by atoms with Crippen molar-refractivity contribution in [1.82, 2.24) is 4.90 Å². The number of para-hydroxylation sites is 1. The van der Waals surface area contributed by atoms with Crippen LogP contribution in [-0.2, 0) is 9.59 Å². The second-order valence-electron chi connectivity index (χ2n) is 5.83. The molecule has 1 fully saturated rings. The van der Waals surface area contributed by atoms with Crippen LogP contribution in [0.25, 0.3) is 0 Å². The normalized spacial score (nSPS) is 13.9. The van der Waals surface area contributed by atoms with Crippen LogP contribution in [-0.4, -0.2) is 36.4 Å². The van der Waals surface area contributed by atoms with Gasteiger partial charge in [-0.1, -0.05) is 35.3 Å². The van der Waals surface area contributed by atoms with Crippen LogP contribution >= 0.6 is 23.2 Å². The van der Waals surface area contributed by atoms with Gasteiger partial charge >= 0.3 is 0 Å². The Labute approximate surface area is 159 Å². The second-order valence-corrected chi connectivity index (χ2v) is 6.67. The number of benzene rings is 2. The Hall–Kier alpha value is -2.31. The fourth-order valence-corrected chi connectivity index (χ4v) is 2.92. The van der Waals surface area contributed by atoms with Crippen molar-refractivity contribution >= 4 is 40.7 Å². The molecule has 0 saturated carbocycles. The van der Waals surface area contributed by atoms with E-state index >= 15 is 0 Å². The summed E-state index contributed by atoms with van der Waals surface area (Å²) in [4.78, 5) is 25.7. The number of hydrogen-bond acceptors (Lipinski definition) is 3. The summed E-state index contributed by atoms with van der Waals surface area (Å²) in [5.74, 6) is -1.37. The molecule has 2 amide bonds. The molecule has 0 atom stereocenters. The van der Waals surface area contributed by atoms with E-state index in [1.807, 2.05) is 0 Å². The van der Waals surface area contributed by atoms with Gasteiger partial charge in [-0.25, -0.2) is 4.39 Å². The molecule has 3 rings (SSSR count). The summed E-state index contributed by atoms with van der Waals surface area (Å²) < 4.78 is 18.6. The number of likely N-dealkylation sites (tertiary alicyclic amines) is 1. The number of hydrogen-bond donors (Lipinski definition) is 1. The minimum atomic E-state index is -0.527. The third-order valence-corrected chi connectivity index (χ3v) is 4.53. The summed E-state index contributed by atoms with van der Waals surface area (Å²) in [5, 5.41) is 3.53. The van der Waals surface area contributed by atoms with Crippen LogP contribution < -0.4 is 10.1 Å². The van der Waals surface area contributed by atoms with E-state index in [0.717, 1.165) is 0 Å². The van der Waals surface area contributed by atoms with Crippen LogP contribution in [0.1, 0.15) is 0 Å². The third kappa shape index (κ3) is 4.26. The van der Waals surface area contributed by atoms with E-state index in [0.29, 0.717) is 15.7 Å². The molecule has 0 bridgehead atoms. The van der Waals surface area contributed by atoms with Crippen LogP contribution in [0.4, 0.5) is 10.1 Å². The van der Waals surface area contributed by atoms with E-state index in [1.165, 1.54) is 29.2 Å². The highest BCUT2D eigenvalue weighted by Crippen LogP contribution is 2.27. The molecule has 1 heterocycles. The molecule has 8 heteroatoms. The molecule has 0 radical (unpaired) electrons. The molecule has 1 aliphatic rings. The zero-order valence-corrected chi connectivity index (χ0v) is 15.1. The highest BCUT2D eigenvalue weighted by molar-refractivity contribution is 6.36. The summed E-state index contributed by atoms with van der Waals surface area (Å²) in [6.07, 6.45) is 0. The molecule has 5 nitrogen and oxygen atoms in total. The molecular weight excluding hydrogens is 382 g/mol. The summed E-state index contributed by atoms with van der Waals surface area (Å²) in [6, 6.07) is 10.6. The van der Waals surface area contributed by atoms with Gasteiger partial charge in [-0.3, -0.25) is 9.59 Å². The SMILES string of the molecule is O=C(Nc1ccc(Cl)cc1Cl)C1CN(C(=O)COc2ccccc2F)C1. The number of halogens is 3. The number of carbonyl (C=O) groups excluding carboxylic acids is 2. The molecule has 0 unspecified atom stereocenters. The Morgan fingerprint density at radius 1 is 1.19 bits per heavy atom. The zero-order chi connectivity index (χ0) is 18.7. The van der Waals surface area contributed by atoms with E-state index in [9.17, 15) is 14.0 Å². The Bertz CT molecular complexity index is 841. The van der Waals surface area contributed by atoms with E-state index in [1.54, 1.807) is 18.2 Å². The van der Waals surface area contributed by atoms with Gasteiger partial charge in [0.25, 0.3) is 5.91 Å². The van der Waals surface area contributed by atoms with E-state index < -0.39 is 5.82 Å². The van der Waals surface area contributed by atoms with E-state index in [-0.39, 0.29) is 43.2 Å². The Balaban J connectivity index is 1.46. The first kappa shape index (κ1) is 18.5. The van der Waals surface area contributed by atoms with Gasteiger partial charge in [0.2, 0.25) is 5.91 Å². The van der Waals surface area contributed by atoms with Gasteiger partial charge in [-0.15, -0.1) is 0 Å². The fourth-order valence-electron chi connectivity index (χ4n) is 2.47. The van der Waals surface area contributed by atoms with Gasteiger partial charge in [0.05, 0.1) is 16.6 Å². The van der Waals surface area contributed by atoms with Crippen molar-refractivity contribution in [2.75, 3.05) is 25.0 Å². The number of nitrogens with zero attached hydrogens (tertiary/aromatic N) is 1. The lowest BCUT2D eigenvalue weighted by Crippen LogP contribution is -2.55. The van der Waals surface area contributed by atoms with Gasteiger partial charge in [0.15, 0.2) is 18.2 Å². The minimum Gasteiger partial charge on any atom is -0.481 e. The molecule has 1 saturated heterocycles. The monoisotopic (exact) mass is 396 g/mol. The number of anilines is 1. The quantitative estimate of drug-likeness (QED) is 0.839. The maximum Gasteiger partial charge on any atom is 0.260 e. The van der Waals surface area contributed by atoms with Crippen molar-refractivity contribution in [2.24, 2.45) is 5.92 Å². The molecule has 1 aliphatic heterocycles. The molecule has 136 valence electrons. The molecule has 0 aliphatic carbocycles. The van der Waals surface area contributed by atoms with Crippen molar-refractivity contribution in [3.05, 3.63) is 58.3 Å². The number of ether oxygens (including phenoxy) is 1. The third-order valence-electron chi connectivity index (χ3n) is 3.98. The molecule has 2 aromatic carbocycles. The lowest BCUT2D eigenvalue weighted by Gasteiger charge is -2.38. The van der Waals surface area contributed by atoms with Crippen molar-refractivity contribution in [2.45, 2.75) is 0 Å². The molecule has 1 N–H and O–H groups in total. The first-order chi connectivity index (χ1) is 12.4. The number of carbonyl (C=O) groups is 2. The predicted octanol–water partition coefficient (Wildman–Crippen LogP) is 3.61. The van der Waals surface area contributed by atoms with Gasteiger partial charge in [0, 0.05) is 18.1 Å². The molecule has 0 aromatic heterocycles. The Morgan fingerprint density at radius 2 is 1.92 bits per heavy atom. The van der Waals surface area contributed by atoms with E-state index in [2.05, 4.69) is 5.32 Å². The minimum absolute atomic E-state index is 0.0213. The average Bonchev–Trinajstić information content (AvgIpc) is 2.55. The number of amides is 2. The molecule has 26 heavy (non-hydrogen) atoms. The van der Waals surface area contributed by atoms with Gasteiger partial charge in [0.1, 0.15) is 0 Å². The lowest BCUT2D eigenvalue weighted by atomic mass is 9.99. The van der Waals surface area contributed by atoms with Crippen LogP contribution in [0, 0.1) is 11.7 Å². The lowest BCUT2D eigenvalue weighted by molar-refractivity contribution is -0.143. The maximum atomic E-state index is 13.4. The second kappa shape index (κ2) is 7.93. The van der Waals surface area contributed by atoms with Crippen LogP contribution in [0.2, 0.25) is 10.0 Å². The zero-order valence-electron chi connectivity index (χ0n) is 13.5. The predicted molar refractivity (Wildman–Crippen MR) is 97.1 cm³/mol. The van der Waals surface area contributed by atoms with Crippen molar-refractivity contribution < 1.29 is 18.7 Å². The standard InChI is InChI=1S/C18H15Cl2FN2O3/c19-12-5-6-15(13(20)7-12)22-18(25)11-8-23(9-11)17(24)10-26-16-4-2-1-3-14(16)21/h1-7,11H,8-10H2,(H,22,25). The maximum absolute atomic E-state index is 13.4. The summed E-state index contributed by atoms with van der Waals surface area (Å²) in [7, 11) is 0. The Morgan fingerprint density at radius 3 is 2.62 bits per heavy atom. The highest BCUT2D eigenvalue weighted by atomic mass is 35.5. The number of rotatable bonds is 5. The highest BCUT2D eigenvalue weighted by Gasteiger charge is 2.36. The summed E-state index contributed by atoms with van der Waals surface area (Å²) in [6.45, 7) is 0.269.